The monoisotopic (exact) mass is 457 g/mol. The average Bonchev–Trinajstić information content (AvgIpc) is 3.46. The zero-order valence-corrected chi connectivity index (χ0v) is 18.6. The Morgan fingerprint density at radius 3 is 2.42 bits per heavy atom. The van der Waals surface area contributed by atoms with Gasteiger partial charge in [-0.3, -0.25) is 4.79 Å². The summed E-state index contributed by atoms with van der Waals surface area (Å²) in [6.07, 6.45) is 2.78. The van der Waals surface area contributed by atoms with Crippen molar-refractivity contribution in [3.8, 4) is 11.4 Å². The van der Waals surface area contributed by atoms with Gasteiger partial charge in [0.2, 0.25) is 0 Å². The van der Waals surface area contributed by atoms with Gasteiger partial charge in [-0.1, -0.05) is 25.0 Å². The third-order valence-corrected chi connectivity index (χ3v) is 6.40. The number of carbonyl (C=O) groups excluding carboxylic acids is 1. The molecule has 1 aliphatic rings. The fraction of sp³-hybridized carbons (Fsp3) is 0.360. The molecular weight excluding hydrogens is 431 g/mol. The minimum atomic E-state index is -4.36. The number of rotatable bonds is 6. The van der Waals surface area contributed by atoms with Crippen LogP contribution in [0.5, 0.6) is 5.75 Å². The van der Waals surface area contributed by atoms with Crippen LogP contribution in [0.2, 0.25) is 0 Å². The summed E-state index contributed by atoms with van der Waals surface area (Å²) >= 11 is 0. The van der Waals surface area contributed by atoms with Crippen molar-refractivity contribution < 1.29 is 22.7 Å². The Balaban J connectivity index is 1.52. The third-order valence-electron chi connectivity index (χ3n) is 6.40. The normalized spacial score (nSPS) is 15.4. The van der Waals surface area contributed by atoms with E-state index in [0.717, 1.165) is 54.8 Å². The molecule has 2 aromatic carbocycles. The van der Waals surface area contributed by atoms with Gasteiger partial charge in [-0.2, -0.15) is 13.2 Å². The van der Waals surface area contributed by atoms with Crippen molar-refractivity contribution in [3.05, 3.63) is 77.4 Å². The fourth-order valence-corrected chi connectivity index (χ4v) is 4.57. The Bertz CT molecular complexity index is 1130. The lowest BCUT2D eigenvalue weighted by Gasteiger charge is -2.30. The molecule has 1 aromatic heterocycles. The maximum atomic E-state index is 13.0. The number of alkyl halides is 3. The Hall–Kier alpha value is -3.29. The maximum absolute atomic E-state index is 13.0. The summed E-state index contributed by atoms with van der Waals surface area (Å²) in [6.45, 7) is 2.25. The predicted octanol–water partition coefficient (Wildman–Crippen LogP) is 5.45. The molecule has 5 nitrogen and oxygen atoms in total. The van der Waals surface area contributed by atoms with Crippen LogP contribution in [0.15, 0.2) is 55.0 Å². The van der Waals surface area contributed by atoms with Crippen LogP contribution >= 0.6 is 0 Å². The standard InChI is InChI=1S/C25H26F3N3O2/c1-17-14-31(16-30-17)21-10-5-18(13-22(21)33-2)23(32)29-15-24(11-3-4-12-24)19-6-8-20(9-7-19)25(26,27)28/h5-10,13-14,16H,3-4,11-12,15H2,1-2H3,(H,29,32). The van der Waals surface area contributed by atoms with Crippen molar-refractivity contribution >= 4 is 5.91 Å². The van der Waals surface area contributed by atoms with Gasteiger partial charge in [0, 0.05) is 23.7 Å². The van der Waals surface area contributed by atoms with E-state index in [1.807, 2.05) is 17.7 Å². The zero-order chi connectivity index (χ0) is 23.6. The lowest BCUT2D eigenvalue weighted by Crippen LogP contribution is -2.39. The molecule has 0 radical (unpaired) electrons. The van der Waals surface area contributed by atoms with Gasteiger partial charge in [-0.05, 0) is 55.7 Å². The number of aryl methyl sites for hydroxylation is 1. The number of aromatic nitrogens is 2. The summed E-state index contributed by atoms with van der Waals surface area (Å²) < 4.78 is 46.2. The van der Waals surface area contributed by atoms with Crippen LogP contribution in [0, 0.1) is 6.92 Å². The fourth-order valence-electron chi connectivity index (χ4n) is 4.57. The first-order chi connectivity index (χ1) is 15.7. The van der Waals surface area contributed by atoms with Gasteiger partial charge in [0.1, 0.15) is 5.75 Å². The minimum Gasteiger partial charge on any atom is -0.495 e. The van der Waals surface area contributed by atoms with Crippen LogP contribution in [0.25, 0.3) is 5.69 Å². The SMILES string of the molecule is COc1cc(C(=O)NCC2(c3ccc(C(F)(F)F)cc3)CCCC2)ccc1-n1cnc(C)c1. The van der Waals surface area contributed by atoms with Crippen molar-refractivity contribution in [2.45, 2.75) is 44.2 Å². The number of halogens is 3. The molecule has 1 saturated carbocycles. The summed E-state index contributed by atoms with van der Waals surface area (Å²) in [4.78, 5) is 17.2. The second kappa shape index (κ2) is 8.92. The molecule has 3 aromatic rings. The molecular formula is C25H26F3N3O2. The van der Waals surface area contributed by atoms with E-state index in [2.05, 4.69) is 10.3 Å². The van der Waals surface area contributed by atoms with Gasteiger partial charge in [-0.15, -0.1) is 0 Å². The minimum absolute atomic E-state index is 0.250. The van der Waals surface area contributed by atoms with Crippen molar-refractivity contribution in [3.63, 3.8) is 0 Å². The lowest BCUT2D eigenvalue weighted by atomic mass is 9.78. The quantitative estimate of drug-likeness (QED) is 0.536. The van der Waals surface area contributed by atoms with Gasteiger partial charge < -0.3 is 14.6 Å². The van der Waals surface area contributed by atoms with Gasteiger partial charge >= 0.3 is 6.18 Å². The topological polar surface area (TPSA) is 56.1 Å². The highest BCUT2D eigenvalue weighted by atomic mass is 19.4. The van der Waals surface area contributed by atoms with Crippen LogP contribution in [0.3, 0.4) is 0 Å². The number of benzene rings is 2. The number of nitrogens with one attached hydrogen (secondary N) is 1. The smallest absolute Gasteiger partial charge is 0.416 e. The van der Waals surface area contributed by atoms with E-state index in [0.29, 0.717) is 17.9 Å². The molecule has 1 aliphatic carbocycles. The van der Waals surface area contributed by atoms with Crippen molar-refractivity contribution in [1.29, 1.82) is 0 Å². The summed E-state index contributed by atoms with van der Waals surface area (Å²) in [5.41, 5.74) is 1.89. The number of amides is 1. The molecule has 174 valence electrons. The Morgan fingerprint density at radius 2 is 1.85 bits per heavy atom. The number of hydrogen-bond donors (Lipinski definition) is 1. The number of carbonyl (C=O) groups is 1. The van der Waals surface area contributed by atoms with E-state index in [1.54, 1.807) is 43.8 Å². The summed E-state index contributed by atoms with van der Waals surface area (Å²) in [6, 6.07) is 10.5. The maximum Gasteiger partial charge on any atom is 0.416 e. The van der Waals surface area contributed by atoms with Crippen LogP contribution < -0.4 is 10.1 Å². The molecule has 0 unspecified atom stereocenters. The molecule has 0 bridgehead atoms. The Labute approximate surface area is 190 Å². The third kappa shape index (κ3) is 4.74. The van der Waals surface area contributed by atoms with E-state index < -0.39 is 11.7 Å². The predicted molar refractivity (Wildman–Crippen MR) is 119 cm³/mol. The van der Waals surface area contributed by atoms with Crippen LogP contribution in [-0.2, 0) is 11.6 Å². The zero-order valence-electron chi connectivity index (χ0n) is 18.6. The van der Waals surface area contributed by atoms with E-state index in [9.17, 15) is 18.0 Å². The number of methoxy groups -OCH3 is 1. The van der Waals surface area contributed by atoms with Crippen LogP contribution in [0.1, 0.15) is 52.9 Å². The molecule has 1 fully saturated rings. The van der Waals surface area contributed by atoms with Crippen molar-refractivity contribution in [2.75, 3.05) is 13.7 Å². The molecule has 0 spiro atoms. The van der Waals surface area contributed by atoms with Gasteiger partial charge in [-0.25, -0.2) is 4.98 Å². The van der Waals surface area contributed by atoms with E-state index in [1.165, 1.54) is 0 Å². The highest BCUT2D eigenvalue weighted by molar-refractivity contribution is 5.95. The number of imidazole rings is 1. The Kier molecular flexibility index (Phi) is 6.19. The molecule has 4 rings (SSSR count). The number of hydrogen-bond acceptors (Lipinski definition) is 3. The van der Waals surface area contributed by atoms with Crippen molar-refractivity contribution in [2.24, 2.45) is 0 Å². The molecule has 1 N–H and O–H groups in total. The summed E-state index contributed by atoms with van der Waals surface area (Å²) in [5, 5.41) is 3.00. The molecule has 0 atom stereocenters. The molecule has 33 heavy (non-hydrogen) atoms. The lowest BCUT2D eigenvalue weighted by molar-refractivity contribution is -0.137. The van der Waals surface area contributed by atoms with E-state index in [4.69, 9.17) is 4.74 Å². The number of nitrogens with zero attached hydrogens (tertiary/aromatic N) is 2. The molecule has 0 aliphatic heterocycles. The largest absolute Gasteiger partial charge is 0.495 e. The van der Waals surface area contributed by atoms with Crippen LogP contribution in [-0.4, -0.2) is 29.1 Å². The van der Waals surface area contributed by atoms with Crippen molar-refractivity contribution in [1.82, 2.24) is 14.9 Å². The van der Waals surface area contributed by atoms with Gasteiger partial charge in [0.15, 0.2) is 0 Å². The van der Waals surface area contributed by atoms with E-state index >= 15 is 0 Å². The van der Waals surface area contributed by atoms with E-state index in [-0.39, 0.29) is 11.3 Å². The number of ether oxygens (including phenoxy) is 1. The summed E-state index contributed by atoms with van der Waals surface area (Å²) in [7, 11) is 1.54. The first kappa shape index (κ1) is 22.9. The molecule has 0 saturated heterocycles. The summed E-state index contributed by atoms with van der Waals surface area (Å²) in [5.74, 6) is 0.290. The first-order valence-corrected chi connectivity index (χ1v) is 10.9. The highest BCUT2D eigenvalue weighted by Gasteiger charge is 2.37. The second-order valence-corrected chi connectivity index (χ2v) is 8.55. The molecule has 1 heterocycles. The highest BCUT2D eigenvalue weighted by Crippen LogP contribution is 2.41. The molecule has 1 amide bonds. The van der Waals surface area contributed by atoms with Gasteiger partial charge in [0.05, 0.1) is 30.4 Å². The average molecular weight is 457 g/mol. The van der Waals surface area contributed by atoms with Gasteiger partial charge in [0.25, 0.3) is 5.91 Å². The van der Waals surface area contributed by atoms with Crippen LogP contribution in [0.4, 0.5) is 13.2 Å². The Morgan fingerprint density at radius 1 is 1.15 bits per heavy atom. The first-order valence-electron chi connectivity index (χ1n) is 10.9. The second-order valence-electron chi connectivity index (χ2n) is 8.55. The molecule has 8 heteroatoms.